The quantitative estimate of drug-likeness (QED) is 0.836. The fraction of sp³-hybridized carbons (Fsp3) is 0.667. The summed E-state index contributed by atoms with van der Waals surface area (Å²) in [5.41, 5.74) is 1.44. The Hall–Kier alpha value is -1.35. The van der Waals surface area contributed by atoms with Crippen molar-refractivity contribution >= 4 is 5.91 Å². The smallest absolute Gasteiger partial charge is 0.239 e. The van der Waals surface area contributed by atoms with E-state index >= 15 is 0 Å². The summed E-state index contributed by atoms with van der Waals surface area (Å²) in [6.07, 6.45) is 8.55. The van der Waals surface area contributed by atoms with Gasteiger partial charge in [-0.3, -0.25) is 9.69 Å². The Bertz CT molecular complexity index is 508. The third-order valence-corrected chi connectivity index (χ3v) is 5.86. The van der Waals surface area contributed by atoms with Gasteiger partial charge in [-0.2, -0.15) is 0 Å². The summed E-state index contributed by atoms with van der Waals surface area (Å²) in [6, 6.07) is 10.9. The first-order valence-electron chi connectivity index (χ1n) is 9.83. The predicted octanol–water partition coefficient (Wildman–Crippen LogP) is 4.05. The summed E-state index contributed by atoms with van der Waals surface area (Å²) in [6.45, 7) is 6.14. The van der Waals surface area contributed by atoms with Gasteiger partial charge < -0.3 is 4.90 Å². The first-order valence-corrected chi connectivity index (χ1v) is 9.83. The van der Waals surface area contributed by atoms with Crippen molar-refractivity contribution < 1.29 is 4.79 Å². The van der Waals surface area contributed by atoms with E-state index in [0.29, 0.717) is 11.8 Å². The largest absolute Gasteiger partial charge is 0.341 e. The number of hydrogen-bond acceptors (Lipinski definition) is 2. The molecule has 2 aliphatic heterocycles. The van der Waals surface area contributed by atoms with E-state index in [1.54, 1.807) is 0 Å². The van der Waals surface area contributed by atoms with Crippen LogP contribution in [0.4, 0.5) is 0 Å². The van der Waals surface area contributed by atoms with Crippen LogP contribution in [0.5, 0.6) is 0 Å². The second kappa shape index (κ2) is 8.66. The van der Waals surface area contributed by atoms with Gasteiger partial charge >= 0.3 is 0 Å². The molecule has 2 heterocycles. The first kappa shape index (κ1) is 17.5. The van der Waals surface area contributed by atoms with Crippen LogP contribution in [0.3, 0.4) is 0 Å². The van der Waals surface area contributed by atoms with Crippen LogP contribution >= 0.6 is 0 Å². The third-order valence-electron chi connectivity index (χ3n) is 5.86. The van der Waals surface area contributed by atoms with Gasteiger partial charge in [0, 0.05) is 13.1 Å². The number of rotatable bonds is 3. The average molecular weight is 329 g/mol. The minimum Gasteiger partial charge on any atom is -0.341 e. The molecule has 0 spiro atoms. The molecular formula is C21H32N2O. The van der Waals surface area contributed by atoms with Crippen LogP contribution in [-0.2, 0) is 4.79 Å². The molecule has 3 nitrogen and oxygen atoms in total. The van der Waals surface area contributed by atoms with Crippen molar-refractivity contribution in [1.29, 1.82) is 0 Å². The summed E-state index contributed by atoms with van der Waals surface area (Å²) < 4.78 is 0. The Morgan fingerprint density at radius 2 is 1.62 bits per heavy atom. The number of carbonyl (C=O) groups is 1. The molecule has 3 rings (SSSR count). The first-order chi connectivity index (χ1) is 11.8. The molecule has 1 aromatic carbocycles. The van der Waals surface area contributed by atoms with Gasteiger partial charge in [0.2, 0.25) is 5.91 Å². The monoisotopic (exact) mass is 328 g/mol. The van der Waals surface area contributed by atoms with E-state index in [1.165, 1.54) is 37.7 Å². The van der Waals surface area contributed by atoms with E-state index in [9.17, 15) is 4.79 Å². The number of carbonyl (C=O) groups excluding carboxylic acids is 1. The fourth-order valence-electron chi connectivity index (χ4n) is 4.28. The molecule has 0 bridgehead atoms. The number of hydrogen-bond donors (Lipinski definition) is 0. The Morgan fingerprint density at radius 1 is 0.917 bits per heavy atom. The maximum atomic E-state index is 13.0. The molecular weight excluding hydrogens is 296 g/mol. The Balaban J connectivity index is 1.57. The van der Waals surface area contributed by atoms with Gasteiger partial charge in [-0.1, -0.05) is 43.2 Å². The molecule has 0 saturated carbocycles. The highest BCUT2D eigenvalue weighted by atomic mass is 16.2. The van der Waals surface area contributed by atoms with Crippen LogP contribution in [0, 0.1) is 0 Å². The molecule has 0 N–H and O–H groups in total. The maximum absolute atomic E-state index is 13.0. The summed E-state index contributed by atoms with van der Waals surface area (Å²) in [5.74, 6) is 0.961. The zero-order valence-corrected chi connectivity index (χ0v) is 15.1. The SMILES string of the molecule is CC(C(=O)N1CCCC(c2ccccc2)CC1)N1CCCCCC1. The molecule has 0 radical (unpaired) electrons. The van der Waals surface area contributed by atoms with Crippen molar-refractivity contribution in [3.63, 3.8) is 0 Å². The number of nitrogens with zero attached hydrogens (tertiary/aromatic N) is 2. The molecule has 1 aromatic rings. The van der Waals surface area contributed by atoms with Gasteiger partial charge in [-0.05, 0) is 63.6 Å². The summed E-state index contributed by atoms with van der Waals surface area (Å²) >= 11 is 0. The van der Waals surface area contributed by atoms with Gasteiger partial charge in [0.05, 0.1) is 6.04 Å². The molecule has 0 aliphatic carbocycles. The topological polar surface area (TPSA) is 23.6 Å². The highest BCUT2D eigenvalue weighted by Crippen LogP contribution is 2.28. The maximum Gasteiger partial charge on any atom is 0.239 e. The van der Waals surface area contributed by atoms with Gasteiger partial charge in [0.15, 0.2) is 0 Å². The van der Waals surface area contributed by atoms with Gasteiger partial charge in [0.25, 0.3) is 0 Å². The number of likely N-dealkylation sites (tertiary alicyclic amines) is 2. The fourth-order valence-corrected chi connectivity index (χ4v) is 4.28. The van der Waals surface area contributed by atoms with E-state index in [2.05, 4.69) is 47.1 Å². The lowest BCUT2D eigenvalue weighted by Gasteiger charge is -2.31. The molecule has 2 aliphatic rings. The van der Waals surface area contributed by atoms with Crippen molar-refractivity contribution in [3.05, 3.63) is 35.9 Å². The van der Waals surface area contributed by atoms with Crippen LogP contribution < -0.4 is 0 Å². The Kier molecular flexibility index (Phi) is 6.30. The highest BCUT2D eigenvalue weighted by molar-refractivity contribution is 5.81. The van der Waals surface area contributed by atoms with Crippen LogP contribution in [0.25, 0.3) is 0 Å². The minimum atomic E-state index is 0.0522. The molecule has 3 heteroatoms. The third kappa shape index (κ3) is 4.38. The molecule has 0 aromatic heterocycles. The molecule has 1 amide bonds. The van der Waals surface area contributed by atoms with Crippen LogP contribution in [0.2, 0.25) is 0 Å². The molecule has 24 heavy (non-hydrogen) atoms. The van der Waals surface area contributed by atoms with Crippen molar-refractivity contribution in [1.82, 2.24) is 9.80 Å². The van der Waals surface area contributed by atoms with Gasteiger partial charge in [-0.15, -0.1) is 0 Å². The van der Waals surface area contributed by atoms with Crippen LogP contribution in [0.1, 0.15) is 63.4 Å². The summed E-state index contributed by atoms with van der Waals surface area (Å²) in [7, 11) is 0. The standard InChI is InChI=1S/C21H32N2O/c1-18(22-14-7-2-3-8-15-22)21(24)23-16-9-12-20(13-17-23)19-10-5-4-6-11-19/h4-6,10-11,18,20H,2-3,7-9,12-17H2,1H3. The van der Waals surface area contributed by atoms with Gasteiger partial charge in [0.1, 0.15) is 0 Å². The summed E-state index contributed by atoms with van der Waals surface area (Å²) in [4.78, 5) is 17.5. The van der Waals surface area contributed by atoms with E-state index in [1.807, 2.05) is 0 Å². The lowest BCUT2D eigenvalue weighted by Crippen LogP contribution is -2.47. The normalized spacial score (nSPS) is 24.9. The summed E-state index contributed by atoms with van der Waals surface area (Å²) in [5, 5.41) is 0. The molecule has 2 atom stereocenters. The van der Waals surface area contributed by atoms with Crippen molar-refractivity contribution in [2.24, 2.45) is 0 Å². The average Bonchev–Trinajstić information content (AvgIpc) is 3.04. The molecule has 2 fully saturated rings. The van der Waals surface area contributed by atoms with E-state index < -0.39 is 0 Å². The lowest BCUT2D eigenvalue weighted by atomic mass is 9.92. The lowest BCUT2D eigenvalue weighted by molar-refractivity contribution is -0.136. The van der Waals surface area contributed by atoms with Crippen molar-refractivity contribution in [2.75, 3.05) is 26.2 Å². The Morgan fingerprint density at radius 3 is 2.33 bits per heavy atom. The second-order valence-electron chi connectivity index (χ2n) is 7.49. The van der Waals surface area contributed by atoms with Crippen molar-refractivity contribution in [3.8, 4) is 0 Å². The second-order valence-corrected chi connectivity index (χ2v) is 7.49. The predicted molar refractivity (Wildman–Crippen MR) is 99.1 cm³/mol. The zero-order valence-electron chi connectivity index (χ0n) is 15.1. The zero-order chi connectivity index (χ0) is 16.8. The number of amides is 1. The Labute approximate surface area is 147 Å². The minimum absolute atomic E-state index is 0.0522. The van der Waals surface area contributed by atoms with E-state index in [-0.39, 0.29) is 6.04 Å². The molecule has 2 unspecified atom stereocenters. The molecule has 132 valence electrons. The van der Waals surface area contributed by atoms with Crippen LogP contribution in [0.15, 0.2) is 30.3 Å². The van der Waals surface area contributed by atoms with Crippen molar-refractivity contribution in [2.45, 2.75) is 63.8 Å². The number of benzene rings is 1. The van der Waals surface area contributed by atoms with E-state index in [4.69, 9.17) is 0 Å². The van der Waals surface area contributed by atoms with E-state index in [0.717, 1.165) is 39.0 Å². The highest BCUT2D eigenvalue weighted by Gasteiger charge is 2.28. The molecule has 2 saturated heterocycles. The van der Waals surface area contributed by atoms with Gasteiger partial charge in [-0.25, -0.2) is 0 Å². The van der Waals surface area contributed by atoms with Crippen LogP contribution in [-0.4, -0.2) is 47.9 Å².